The van der Waals surface area contributed by atoms with Gasteiger partial charge in [-0.25, -0.2) is 4.98 Å². The number of aromatic nitrogens is 5. The van der Waals surface area contributed by atoms with E-state index in [1.165, 1.54) is 19.1 Å². The van der Waals surface area contributed by atoms with Gasteiger partial charge >= 0.3 is 0 Å². The minimum Gasteiger partial charge on any atom is -0.444 e. The molecule has 4 saturated carbocycles. The number of nitrogens with one attached hydrogen (secondary N) is 1. The first-order valence-corrected chi connectivity index (χ1v) is 10.2. The van der Waals surface area contributed by atoms with Crippen LogP contribution in [0.1, 0.15) is 48.9 Å². The summed E-state index contributed by atoms with van der Waals surface area (Å²) in [4.78, 5) is 18.9. The molecule has 4 aliphatic rings. The summed E-state index contributed by atoms with van der Waals surface area (Å²) < 4.78 is 5.33. The van der Waals surface area contributed by atoms with Gasteiger partial charge in [-0.2, -0.15) is 4.80 Å². The van der Waals surface area contributed by atoms with Crippen LogP contribution in [0.15, 0.2) is 47.6 Å². The lowest BCUT2D eigenvalue weighted by atomic mass is 9.50. The van der Waals surface area contributed by atoms with Crippen LogP contribution in [0.25, 0.3) is 11.3 Å². The fourth-order valence-corrected chi connectivity index (χ4v) is 6.44. The van der Waals surface area contributed by atoms with Gasteiger partial charge in [-0.1, -0.05) is 12.1 Å². The molecule has 4 fully saturated rings. The molecule has 4 atom stereocenters. The monoisotopic (exact) mass is 390 g/mol. The van der Waals surface area contributed by atoms with E-state index in [4.69, 9.17) is 4.42 Å². The number of rotatable bonds is 4. The Bertz CT molecular complexity index is 1010. The minimum absolute atomic E-state index is 0.0160. The second-order valence-corrected chi connectivity index (χ2v) is 9.09. The maximum absolute atomic E-state index is 13.1. The quantitative estimate of drug-likeness (QED) is 0.735. The Morgan fingerprint density at radius 2 is 1.93 bits per heavy atom. The lowest BCUT2D eigenvalue weighted by Gasteiger charge is -2.61. The van der Waals surface area contributed by atoms with Crippen molar-refractivity contribution in [1.29, 1.82) is 0 Å². The highest BCUT2D eigenvalue weighted by Crippen LogP contribution is 2.60. The minimum atomic E-state index is -0.182. The van der Waals surface area contributed by atoms with Crippen molar-refractivity contribution in [2.24, 2.45) is 11.8 Å². The van der Waals surface area contributed by atoms with Crippen molar-refractivity contribution in [2.75, 3.05) is 0 Å². The van der Waals surface area contributed by atoms with E-state index in [-0.39, 0.29) is 17.0 Å². The zero-order valence-electron chi connectivity index (χ0n) is 16.0. The molecule has 1 amide bonds. The molecule has 0 aliphatic heterocycles. The van der Waals surface area contributed by atoms with Crippen LogP contribution in [0, 0.1) is 11.8 Å². The molecule has 2 unspecified atom stereocenters. The maximum atomic E-state index is 13.1. The molecule has 4 aliphatic carbocycles. The molecule has 0 radical (unpaired) electrons. The molecule has 4 bridgehead atoms. The van der Waals surface area contributed by atoms with Gasteiger partial charge < -0.3 is 9.73 Å². The van der Waals surface area contributed by atoms with Gasteiger partial charge in [-0.05, 0) is 67.7 Å². The van der Waals surface area contributed by atoms with Crippen molar-refractivity contribution >= 4 is 5.91 Å². The number of oxazole rings is 1. The molecule has 0 saturated heterocycles. The first-order valence-electron chi connectivity index (χ1n) is 10.2. The first kappa shape index (κ1) is 16.9. The van der Waals surface area contributed by atoms with Crippen LogP contribution in [0.5, 0.6) is 0 Å². The zero-order chi connectivity index (χ0) is 19.5. The standard InChI is InChI=1S/C21H22N6O2/c28-19(17-3-1-16(2-4-17)18-10-22-13-29-18)25-20-6-14-5-15(7-20)9-21(8-14,11-20)27-24-12-23-26-27/h1-4,10,12-15H,5-9,11H2,(H,25,28)/t14-,15+,20?,21?. The Morgan fingerprint density at radius 3 is 2.59 bits per heavy atom. The summed E-state index contributed by atoms with van der Waals surface area (Å²) in [5.41, 5.74) is 1.28. The molecule has 8 nitrogen and oxygen atoms in total. The highest BCUT2D eigenvalue weighted by Gasteiger charge is 2.60. The Hall–Kier alpha value is -3.03. The zero-order valence-corrected chi connectivity index (χ0v) is 16.0. The largest absolute Gasteiger partial charge is 0.444 e. The summed E-state index contributed by atoms with van der Waals surface area (Å²) in [5.74, 6) is 1.89. The third-order valence-corrected chi connectivity index (χ3v) is 7.05. The van der Waals surface area contributed by atoms with Crippen LogP contribution in [-0.2, 0) is 5.54 Å². The summed E-state index contributed by atoms with van der Waals surface area (Å²) in [6.07, 6.45) is 11.0. The number of carbonyl (C=O) groups excluding carboxylic acids is 1. The van der Waals surface area contributed by atoms with E-state index < -0.39 is 0 Å². The molecule has 0 spiro atoms. The maximum Gasteiger partial charge on any atom is 0.251 e. The predicted molar refractivity (Wildman–Crippen MR) is 103 cm³/mol. The SMILES string of the molecule is O=C(NC12C[C@H]3C[C@@H](C1)CC(n1ncnn1)(C3)C2)c1ccc(-c2cnco2)cc1. The van der Waals surface area contributed by atoms with E-state index in [9.17, 15) is 4.79 Å². The molecule has 3 aromatic rings. The molecule has 7 rings (SSSR count). The normalized spacial score (nSPS) is 32.4. The van der Waals surface area contributed by atoms with E-state index in [0.29, 0.717) is 23.2 Å². The van der Waals surface area contributed by atoms with E-state index in [1.807, 2.05) is 29.1 Å². The van der Waals surface area contributed by atoms with Gasteiger partial charge in [0.15, 0.2) is 18.5 Å². The highest BCUT2D eigenvalue weighted by atomic mass is 16.3. The summed E-state index contributed by atoms with van der Waals surface area (Å²) in [7, 11) is 0. The van der Waals surface area contributed by atoms with Crippen molar-refractivity contribution < 1.29 is 9.21 Å². The third-order valence-electron chi connectivity index (χ3n) is 7.05. The molecule has 2 aromatic heterocycles. The van der Waals surface area contributed by atoms with E-state index in [2.05, 4.69) is 25.7 Å². The van der Waals surface area contributed by atoms with Crippen LogP contribution in [-0.4, -0.2) is 36.6 Å². The molecule has 2 heterocycles. The van der Waals surface area contributed by atoms with Crippen molar-refractivity contribution in [3.63, 3.8) is 0 Å². The summed E-state index contributed by atoms with van der Waals surface area (Å²) in [6.45, 7) is 0. The Morgan fingerprint density at radius 1 is 1.14 bits per heavy atom. The molecular formula is C21H22N6O2. The molecule has 148 valence electrons. The lowest BCUT2D eigenvalue weighted by molar-refractivity contribution is -0.0810. The Kier molecular flexibility index (Phi) is 3.48. The lowest BCUT2D eigenvalue weighted by Crippen LogP contribution is -2.66. The van der Waals surface area contributed by atoms with E-state index in [1.54, 1.807) is 6.20 Å². The summed E-state index contributed by atoms with van der Waals surface area (Å²) >= 11 is 0. The second kappa shape index (κ2) is 5.98. The summed E-state index contributed by atoms with van der Waals surface area (Å²) in [6, 6.07) is 7.50. The van der Waals surface area contributed by atoms with Crippen molar-refractivity contribution in [1.82, 2.24) is 30.5 Å². The van der Waals surface area contributed by atoms with Gasteiger partial charge in [-0.15, -0.1) is 10.2 Å². The number of hydrogen-bond acceptors (Lipinski definition) is 6. The van der Waals surface area contributed by atoms with Crippen molar-refractivity contribution in [3.8, 4) is 11.3 Å². The fourth-order valence-electron chi connectivity index (χ4n) is 6.44. The van der Waals surface area contributed by atoms with Crippen molar-refractivity contribution in [2.45, 2.75) is 49.6 Å². The highest BCUT2D eigenvalue weighted by molar-refractivity contribution is 5.95. The van der Waals surface area contributed by atoms with Crippen LogP contribution in [0.2, 0.25) is 0 Å². The number of nitrogens with zero attached hydrogens (tertiary/aromatic N) is 5. The Balaban J connectivity index is 1.26. The van der Waals surface area contributed by atoms with Gasteiger partial charge in [0, 0.05) is 16.7 Å². The molecule has 1 aromatic carbocycles. The first-order chi connectivity index (χ1) is 14.1. The molecular weight excluding hydrogens is 368 g/mol. The van der Waals surface area contributed by atoms with Gasteiger partial charge in [0.25, 0.3) is 5.91 Å². The van der Waals surface area contributed by atoms with Crippen LogP contribution >= 0.6 is 0 Å². The van der Waals surface area contributed by atoms with E-state index in [0.717, 1.165) is 37.7 Å². The number of hydrogen-bond donors (Lipinski definition) is 1. The van der Waals surface area contributed by atoms with Crippen molar-refractivity contribution in [3.05, 3.63) is 48.7 Å². The van der Waals surface area contributed by atoms with Crippen LogP contribution in [0.4, 0.5) is 0 Å². The number of tetrazole rings is 1. The summed E-state index contributed by atoms with van der Waals surface area (Å²) in [5, 5.41) is 16.0. The van der Waals surface area contributed by atoms with Gasteiger partial charge in [0.2, 0.25) is 0 Å². The predicted octanol–water partition coefficient (Wildman–Crippen LogP) is 2.81. The molecule has 8 heteroatoms. The third kappa shape index (κ3) is 2.69. The van der Waals surface area contributed by atoms with Crippen LogP contribution < -0.4 is 5.32 Å². The smallest absolute Gasteiger partial charge is 0.251 e. The van der Waals surface area contributed by atoms with Gasteiger partial charge in [-0.3, -0.25) is 4.79 Å². The Labute approximate surface area is 167 Å². The number of benzene rings is 1. The van der Waals surface area contributed by atoms with Gasteiger partial charge in [0.05, 0.1) is 11.7 Å². The van der Waals surface area contributed by atoms with Crippen LogP contribution in [0.3, 0.4) is 0 Å². The average molecular weight is 390 g/mol. The fraction of sp³-hybridized carbons (Fsp3) is 0.476. The number of carbonyl (C=O) groups is 1. The average Bonchev–Trinajstić information content (AvgIpc) is 3.41. The molecule has 1 N–H and O–H groups in total. The topological polar surface area (TPSA) is 98.7 Å². The second-order valence-electron chi connectivity index (χ2n) is 9.09. The van der Waals surface area contributed by atoms with E-state index >= 15 is 0 Å². The number of amides is 1. The van der Waals surface area contributed by atoms with Gasteiger partial charge in [0.1, 0.15) is 0 Å². The molecule has 29 heavy (non-hydrogen) atoms.